The summed E-state index contributed by atoms with van der Waals surface area (Å²) in [6.45, 7) is 6.85. The van der Waals surface area contributed by atoms with Crippen LogP contribution in [0.25, 0.3) is 5.57 Å². The Hall–Kier alpha value is -3.70. The van der Waals surface area contributed by atoms with Gasteiger partial charge in [0.2, 0.25) is 5.91 Å². The van der Waals surface area contributed by atoms with Gasteiger partial charge in [-0.25, -0.2) is 4.98 Å². The van der Waals surface area contributed by atoms with Crippen LogP contribution in [0.3, 0.4) is 0 Å². The van der Waals surface area contributed by atoms with E-state index in [9.17, 15) is 10.1 Å². The summed E-state index contributed by atoms with van der Waals surface area (Å²) in [5.41, 5.74) is 11.3. The van der Waals surface area contributed by atoms with E-state index in [1.165, 1.54) is 0 Å². The number of nitrogens with zero attached hydrogens (tertiary/aromatic N) is 5. The summed E-state index contributed by atoms with van der Waals surface area (Å²) in [5.74, 6) is 1.16. The lowest BCUT2D eigenvalue weighted by Gasteiger charge is -2.41. The lowest BCUT2D eigenvalue weighted by molar-refractivity contribution is -0.134. The molecule has 0 spiro atoms. The zero-order valence-electron chi connectivity index (χ0n) is 22.0. The number of benzene rings is 1. The van der Waals surface area contributed by atoms with Gasteiger partial charge in [0, 0.05) is 62.3 Å². The van der Waals surface area contributed by atoms with E-state index in [0.717, 1.165) is 40.8 Å². The normalized spacial score (nSPS) is 18.3. The molecule has 1 aliphatic heterocycles. The fourth-order valence-corrected chi connectivity index (χ4v) is 4.97. The molecule has 194 valence electrons. The number of methoxy groups -OCH3 is 1. The maximum absolute atomic E-state index is 12.6. The van der Waals surface area contributed by atoms with Crippen molar-refractivity contribution in [1.29, 1.82) is 5.26 Å². The zero-order chi connectivity index (χ0) is 26.4. The Kier molecular flexibility index (Phi) is 8.57. The minimum absolute atomic E-state index is 0.0143. The summed E-state index contributed by atoms with van der Waals surface area (Å²) in [7, 11) is 1.60. The molecule has 4 rings (SSSR count). The van der Waals surface area contributed by atoms with Gasteiger partial charge < -0.3 is 20.3 Å². The molecule has 8 nitrogen and oxygen atoms in total. The first-order valence-corrected chi connectivity index (χ1v) is 12.9. The molecular formula is C29H36N6O2. The molecule has 1 aliphatic carbocycles. The topological polar surface area (TPSA) is 108 Å². The Labute approximate surface area is 219 Å². The summed E-state index contributed by atoms with van der Waals surface area (Å²) in [6.07, 6.45) is 5.89. The number of carbonyl (C=O) groups is 1. The number of carbonyl (C=O) groups excluding carboxylic acids is 1. The van der Waals surface area contributed by atoms with Crippen molar-refractivity contribution in [2.75, 3.05) is 38.3 Å². The van der Waals surface area contributed by atoms with Gasteiger partial charge in [0.15, 0.2) is 0 Å². The van der Waals surface area contributed by atoms with Gasteiger partial charge in [0.1, 0.15) is 11.9 Å². The molecule has 2 fully saturated rings. The highest BCUT2D eigenvalue weighted by Gasteiger charge is 2.34. The summed E-state index contributed by atoms with van der Waals surface area (Å²) >= 11 is 0. The number of anilines is 1. The van der Waals surface area contributed by atoms with Crippen LogP contribution in [0.4, 0.5) is 5.82 Å². The highest BCUT2D eigenvalue weighted by atomic mass is 16.5. The predicted molar refractivity (Wildman–Crippen MR) is 146 cm³/mol. The number of rotatable bonds is 9. The molecule has 1 aromatic heterocycles. The van der Waals surface area contributed by atoms with Crippen molar-refractivity contribution < 1.29 is 9.53 Å². The van der Waals surface area contributed by atoms with E-state index in [0.29, 0.717) is 56.5 Å². The lowest BCUT2D eigenvalue weighted by Crippen LogP contribution is -2.54. The number of nitriles is 1. The first-order valence-electron chi connectivity index (χ1n) is 12.9. The number of aliphatic imine (C=N–C) groups is 1. The molecule has 8 heteroatoms. The molecule has 2 aromatic rings. The van der Waals surface area contributed by atoms with Crippen LogP contribution in [0.5, 0.6) is 0 Å². The number of nitrogens with two attached hydrogens (primary N) is 1. The number of ether oxygens (including phenoxy) is 1. The van der Waals surface area contributed by atoms with Gasteiger partial charge in [-0.1, -0.05) is 30.3 Å². The number of pyridine rings is 1. The van der Waals surface area contributed by atoms with E-state index >= 15 is 0 Å². The molecule has 1 aromatic carbocycles. The van der Waals surface area contributed by atoms with Crippen LogP contribution in [-0.4, -0.2) is 61.4 Å². The van der Waals surface area contributed by atoms with Crippen LogP contribution >= 0.6 is 0 Å². The number of hydrogen-bond acceptors (Lipinski definition) is 7. The second-order valence-corrected chi connectivity index (χ2v) is 9.78. The van der Waals surface area contributed by atoms with Gasteiger partial charge in [-0.2, -0.15) is 5.26 Å². The maximum Gasteiger partial charge on any atom is 0.225 e. The van der Waals surface area contributed by atoms with Crippen LogP contribution in [0, 0.1) is 18.3 Å². The Morgan fingerprint density at radius 3 is 2.68 bits per heavy atom. The van der Waals surface area contributed by atoms with Crippen molar-refractivity contribution in [3.05, 3.63) is 64.5 Å². The standard InChI is InChI=1S/C29H36N6O2/c1-20-19-34(12-13-35(20)26(36)11-14-37-3)29-25(16-31)21(2)27(28(33-29)23-9-10-23)24(15-30)18-32-17-22-7-5-4-6-8-22/h4-8,15,18,20,23H,9-14,17,19,30H2,1-3H3/t20-/m1/s1. The highest BCUT2D eigenvalue weighted by molar-refractivity contribution is 6.11. The lowest BCUT2D eigenvalue weighted by atomic mass is 9.94. The monoisotopic (exact) mass is 500 g/mol. The van der Waals surface area contributed by atoms with Gasteiger partial charge in [0.05, 0.1) is 30.8 Å². The molecule has 1 atom stereocenters. The third kappa shape index (κ3) is 6.00. The summed E-state index contributed by atoms with van der Waals surface area (Å²) in [5, 5.41) is 10.2. The first-order chi connectivity index (χ1) is 18.0. The Balaban J connectivity index is 1.62. The molecule has 0 unspecified atom stereocenters. The average Bonchev–Trinajstić information content (AvgIpc) is 3.76. The molecule has 0 radical (unpaired) electrons. The fraction of sp³-hybridized carbons (Fsp3) is 0.448. The van der Waals surface area contributed by atoms with Crippen molar-refractivity contribution in [3.8, 4) is 6.07 Å². The SMILES string of the molecule is COCCC(=O)N1CCN(c2nc(C3CC3)c(C(C=NCc3ccccc3)=CN)c(C)c2C#N)C[C@H]1C. The highest BCUT2D eigenvalue weighted by Crippen LogP contribution is 2.45. The summed E-state index contributed by atoms with van der Waals surface area (Å²) in [4.78, 5) is 26.4. The van der Waals surface area contributed by atoms with Gasteiger partial charge >= 0.3 is 0 Å². The summed E-state index contributed by atoms with van der Waals surface area (Å²) in [6, 6.07) is 12.5. The van der Waals surface area contributed by atoms with E-state index < -0.39 is 0 Å². The van der Waals surface area contributed by atoms with Gasteiger partial charge in [-0.15, -0.1) is 0 Å². The van der Waals surface area contributed by atoms with Crippen LogP contribution in [0.15, 0.2) is 41.5 Å². The third-order valence-electron chi connectivity index (χ3n) is 7.11. The van der Waals surface area contributed by atoms with E-state index in [4.69, 9.17) is 15.5 Å². The minimum Gasteiger partial charge on any atom is -0.404 e. The average molecular weight is 501 g/mol. The maximum atomic E-state index is 12.6. The second kappa shape index (κ2) is 12.0. The Morgan fingerprint density at radius 1 is 1.30 bits per heavy atom. The van der Waals surface area contributed by atoms with Crippen LogP contribution in [0.1, 0.15) is 60.1 Å². The molecule has 0 bridgehead atoms. The molecule has 1 saturated carbocycles. The third-order valence-corrected chi connectivity index (χ3v) is 7.11. The van der Waals surface area contributed by atoms with Crippen molar-refractivity contribution in [3.63, 3.8) is 0 Å². The largest absolute Gasteiger partial charge is 0.404 e. The number of amides is 1. The van der Waals surface area contributed by atoms with E-state index in [-0.39, 0.29) is 11.9 Å². The predicted octanol–water partition coefficient (Wildman–Crippen LogP) is 3.78. The van der Waals surface area contributed by atoms with Crippen molar-refractivity contribution >= 4 is 23.5 Å². The molecular weight excluding hydrogens is 464 g/mol. The van der Waals surface area contributed by atoms with Gasteiger partial charge in [-0.05, 0) is 37.8 Å². The number of hydrogen-bond donors (Lipinski definition) is 1. The quantitative estimate of drug-likeness (QED) is 0.525. The van der Waals surface area contributed by atoms with Crippen molar-refractivity contribution in [2.45, 2.75) is 51.6 Å². The van der Waals surface area contributed by atoms with E-state index in [1.54, 1.807) is 19.5 Å². The number of aromatic nitrogens is 1. The molecule has 1 amide bonds. The minimum atomic E-state index is 0.0143. The van der Waals surface area contributed by atoms with Crippen LogP contribution in [0.2, 0.25) is 0 Å². The second-order valence-electron chi connectivity index (χ2n) is 9.78. The molecule has 2 N–H and O–H groups in total. The van der Waals surface area contributed by atoms with Gasteiger partial charge in [0.25, 0.3) is 0 Å². The molecule has 1 saturated heterocycles. The van der Waals surface area contributed by atoms with E-state index in [2.05, 4.69) is 16.0 Å². The van der Waals surface area contributed by atoms with Crippen LogP contribution < -0.4 is 10.6 Å². The number of allylic oxidation sites excluding steroid dienone is 1. The number of piperazine rings is 1. The fourth-order valence-electron chi connectivity index (χ4n) is 4.97. The molecule has 37 heavy (non-hydrogen) atoms. The van der Waals surface area contributed by atoms with Crippen molar-refractivity contribution in [1.82, 2.24) is 9.88 Å². The summed E-state index contributed by atoms with van der Waals surface area (Å²) < 4.78 is 5.07. The molecule has 2 aliphatic rings. The zero-order valence-corrected chi connectivity index (χ0v) is 22.0. The van der Waals surface area contributed by atoms with Crippen molar-refractivity contribution in [2.24, 2.45) is 10.7 Å². The van der Waals surface area contributed by atoms with Crippen LogP contribution in [-0.2, 0) is 16.1 Å². The Morgan fingerprint density at radius 2 is 2.05 bits per heavy atom. The smallest absolute Gasteiger partial charge is 0.225 e. The molecule has 2 heterocycles. The Bertz CT molecular complexity index is 1210. The van der Waals surface area contributed by atoms with E-state index in [1.807, 2.05) is 49.1 Å². The van der Waals surface area contributed by atoms with Gasteiger partial charge in [-0.3, -0.25) is 9.79 Å². The first kappa shape index (κ1) is 26.4.